The number of rotatable bonds is 10. The van der Waals surface area contributed by atoms with E-state index in [0.717, 1.165) is 29.5 Å². The van der Waals surface area contributed by atoms with Crippen molar-refractivity contribution in [1.82, 2.24) is 0 Å². The molecule has 0 bridgehead atoms. The van der Waals surface area contributed by atoms with Crippen molar-refractivity contribution in [3.63, 3.8) is 0 Å². The highest BCUT2D eigenvalue weighted by Gasteiger charge is 2.42. The fourth-order valence-electron chi connectivity index (χ4n) is 3.61. The summed E-state index contributed by atoms with van der Waals surface area (Å²) in [5.74, 6) is -1.51. The van der Waals surface area contributed by atoms with Crippen LogP contribution in [0.15, 0.2) is 72.8 Å². The van der Waals surface area contributed by atoms with Gasteiger partial charge in [0.15, 0.2) is 6.10 Å². The minimum absolute atomic E-state index is 0.0555. The van der Waals surface area contributed by atoms with Gasteiger partial charge in [-0.3, -0.25) is 0 Å². The second-order valence-electron chi connectivity index (χ2n) is 8.64. The lowest BCUT2D eigenvalue weighted by atomic mass is 10.0. The molecule has 36 heavy (non-hydrogen) atoms. The molecule has 1 atom stereocenters. The number of carbonyl (C=O) groups is 2. The zero-order valence-electron chi connectivity index (χ0n) is 20.3. The number of aryl methyl sites for hydroxylation is 1. The van der Waals surface area contributed by atoms with Gasteiger partial charge in [0.25, 0.3) is 0 Å². The minimum Gasteiger partial charge on any atom is -0.449 e. The molecule has 190 valence electrons. The van der Waals surface area contributed by atoms with Crippen LogP contribution >= 0.6 is 0 Å². The van der Waals surface area contributed by atoms with E-state index in [1.165, 1.54) is 24.3 Å². The molecule has 0 saturated heterocycles. The maximum Gasteiger partial charge on any atom is 0.425 e. The molecule has 0 fully saturated rings. The smallest absolute Gasteiger partial charge is 0.425 e. The van der Waals surface area contributed by atoms with Crippen molar-refractivity contribution >= 4 is 11.9 Å². The quantitative estimate of drug-likeness (QED) is 0.162. The van der Waals surface area contributed by atoms with Gasteiger partial charge in [-0.2, -0.15) is 13.2 Å². The summed E-state index contributed by atoms with van der Waals surface area (Å²) in [6.07, 6.45) is -4.36. The third-order valence-electron chi connectivity index (χ3n) is 5.74. The Labute approximate surface area is 209 Å². The molecule has 0 saturated carbocycles. The normalized spacial score (nSPS) is 12.1. The molecule has 3 rings (SSSR count). The van der Waals surface area contributed by atoms with Crippen molar-refractivity contribution in [1.29, 1.82) is 0 Å². The van der Waals surface area contributed by atoms with E-state index >= 15 is 0 Å². The average molecular weight is 499 g/mol. The zero-order chi connectivity index (χ0) is 26.1. The lowest BCUT2D eigenvalue weighted by molar-refractivity contribution is -0.206. The Balaban J connectivity index is 1.59. The molecule has 3 aromatic rings. The average Bonchev–Trinajstić information content (AvgIpc) is 2.86. The highest BCUT2D eigenvalue weighted by molar-refractivity contribution is 5.92. The molecule has 1 unspecified atom stereocenters. The minimum atomic E-state index is -4.63. The summed E-state index contributed by atoms with van der Waals surface area (Å²) in [5.41, 5.74) is 3.42. The molecule has 0 radical (unpaired) electrons. The van der Waals surface area contributed by atoms with Gasteiger partial charge in [0, 0.05) is 0 Å². The van der Waals surface area contributed by atoms with Crippen molar-refractivity contribution in [2.24, 2.45) is 0 Å². The van der Waals surface area contributed by atoms with Crippen LogP contribution in [0.2, 0.25) is 0 Å². The van der Waals surface area contributed by atoms with Gasteiger partial charge >= 0.3 is 18.1 Å². The summed E-state index contributed by atoms with van der Waals surface area (Å²) >= 11 is 0. The summed E-state index contributed by atoms with van der Waals surface area (Å²) in [4.78, 5) is 24.8. The van der Waals surface area contributed by atoms with Crippen LogP contribution in [0.4, 0.5) is 13.2 Å². The second-order valence-corrected chi connectivity index (χ2v) is 8.64. The van der Waals surface area contributed by atoms with Crippen LogP contribution in [-0.4, -0.2) is 24.2 Å². The van der Waals surface area contributed by atoms with Crippen LogP contribution in [0, 0.1) is 6.92 Å². The number of ether oxygens (including phenoxy) is 2. The van der Waals surface area contributed by atoms with E-state index < -0.39 is 24.2 Å². The van der Waals surface area contributed by atoms with Gasteiger partial charge in [-0.05, 0) is 67.3 Å². The van der Waals surface area contributed by atoms with Crippen LogP contribution in [0.1, 0.15) is 65.3 Å². The van der Waals surface area contributed by atoms with Crippen molar-refractivity contribution in [3.8, 4) is 16.9 Å². The largest absolute Gasteiger partial charge is 0.449 e. The summed E-state index contributed by atoms with van der Waals surface area (Å²) in [5, 5.41) is 0. The molecule has 3 aromatic carbocycles. The third kappa shape index (κ3) is 7.70. The molecule has 0 aliphatic carbocycles. The summed E-state index contributed by atoms with van der Waals surface area (Å²) in [6, 6.07) is 20.2. The van der Waals surface area contributed by atoms with E-state index in [2.05, 4.69) is 0 Å². The molecule has 0 heterocycles. The van der Waals surface area contributed by atoms with Gasteiger partial charge in [0.1, 0.15) is 5.75 Å². The topological polar surface area (TPSA) is 52.6 Å². The number of alkyl halides is 3. The predicted octanol–water partition coefficient (Wildman–Crippen LogP) is 7.94. The SMILES string of the molecule is CCCCCCC(OC(=O)c1ccc(OC(=O)c2ccc(-c3ccc(C)cc3)cc2)cc1)C(F)(F)F. The molecular formula is C29H29F3O4. The van der Waals surface area contributed by atoms with E-state index in [1.54, 1.807) is 12.1 Å². The molecule has 0 aromatic heterocycles. The van der Waals surface area contributed by atoms with Crippen molar-refractivity contribution in [2.75, 3.05) is 0 Å². The van der Waals surface area contributed by atoms with Crippen LogP contribution < -0.4 is 4.74 Å². The Morgan fingerprint density at radius 2 is 1.28 bits per heavy atom. The number of unbranched alkanes of at least 4 members (excludes halogenated alkanes) is 3. The Hall–Kier alpha value is -3.61. The Morgan fingerprint density at radius 3 is 1.83 bits per heavy atom. The van der Waals surface area contributed by atoms with Gasteiger partial charge in [-0.15, -0.1) is 0 Å². The Kier molecular flexibility index (Phi) is 9.28. The molecule has 0 aliphatic rings. The lowest BCUT2D eigenvalue weighted by Crippen LogP contribution is -2.33. The first-order valence-corrected chi connectivity index (χ1v) is 11.9. The van der Waals surface area contributed by atoms with Gasteiger partial charge in [-0.1, -0.05) is 68.1 Å². The fourth-order valence-corrected chi connectivity index (χ4v) is 3.61. The molecule has 0 amide bonds. The number of halogens is 3. The number of carbonyl (C=O) groups excluding carboxylic acids is 2. The lowest BCUT2D eigenvalue weighted by Gasteiger charge is -2.20. The van der Waals surface area contributed by atoms with Crippen LogP contribution in [0.3, 0.4) is 0 Å². The monoisotopic (exact) mass is 498 g/mol. The summed E-state index contributed by atoms with van der Waals surface area (Å²) in [6.45, 7) is 3.97. The molecule has 7 heteroatoms. The molecule has 0 N–H and O–H groups in total. The maximum atomic E-state index is 13.3. The summed E-state index contributed by atoms with van der Waals surface area (Å²) in [7, 11) is 0. The van der Waals surface area contributed by atoms with Gasteiger partial charge in [0.05, 0.1) is 11.1 Å². The number of esters is 2. The van der Waals surface area contributed by atoms with Gasteiger partial charge in [-0.25, -0.2) is 9.59 Å². The maximum absolute atomic E-state index is 13.3. The van der Waals surface area contributed by atoms with E-state index in [0.29, 0.717) is 18.4 Å². The standard InChI is InChI=1S/C29H29F3O4/c1-3-4-5-6-7-26(29(30,31)32)36-28(34)24-16-18-25(19-17-24)35-27(33)23-14-12-22(13-15-23)21-10-8-20(2)9-11-21/h8-19,26H,3-7H2,1-2H3. The molecular weight excluding hydrogens is 469 g/mol. The second kappa shape index (κ2) is 12.4. The van der Waals surface area contributed by atoms with Crippen LogP contribution in [-0.2, 0) is 4.74 Å². The van der Waals surface area contributed by atoms with Crippen LogP contribution in [0.5, 0.6) is 5.75 Å². The highest BCUT2D eigenvalue weighted by atomic mass is 19.4. The van der Waals surface area contributed by atoms with E-state index in [9.17, 15) is 22.8 Å². The Bertz CT molecular complexity index is 1140. The van der Waals surface area contributed by atoms with E-state index in [4.69, 9.17) is 9.47 Å². The first kappa shape index (κ1) is 27.0. The van der Waals surface area contributed by atoms with Gasteiger partial charge in [0.2, 0.25) is 0 Å². The first-order valence-electron chi connectivity index (χ1n) is 11.9. The highest BCUT2D eigenvalue weighted by Crippen LogP contribution is 2.28. The van der Waals surface area contributed by atoms with Crippen molar-refractivity contribution in [3.05, 3.63) is 89.5 Å². The molecule has 4 nitrogen and oxygen atoms in total. The van der Waals surface area contributed by atoms with Crippen molar-refractivity contribution in [2.45, 2.75) is 58.2 Å². The predicted molar refractivity (Wildman–Crippen MR) is 132 cm³/mol. The number of hydrogen-bond acceptors (Lipinski definition) is 4. The van der Waals surface area contributed by atoms with Crippen molar-refractivity contribution < 1.29 is 32.2 Å². The van der Waals surface area contributed by atoms with Crippen LogP contribution in [0.25, 0.3) is 11.1 Å². The summed E-state index contributed by atoms with van der Waals surface area (Å²) < 4.78 is 49.9. The number of benzene rings is 3. The van der Waals surface area contributed by atoms with E-state index in [-0.39, 0.29) is 17.7 Å². The zero-order valence-corrected chi connectivity index (χ0v) is 20.3. The first-order chi connectivity index (χ1) is 17.2. The van der Waals surface area contributed by atoms with Gasteiger partial charge < -0.3 is 9.47 Å². The Morgan fingerprint density at radius 1 is 0.750 bits per heavy atom. The van der Waals surface area contributed by atoms with E-state index in [1.807, 2.05) is 50.2 Å². The third-order valence-corrected chi connectivity index (χ3v) is 5.74. The molecule has 0 aliphatic heterocycles. The fraction of sp³-hybridized carbons (Fsp3) is 0.310. The molecule has 0 spiro atoms. The number of hydrogen-bond donors (Lipinski definition) is 0.